The molecule has 0 aromatic carbocycles. The molecule has 0 spiro atoms. The minimum atomic E-state index is -0.341. The second-order valence-corrected chi connectivity index (χ2v) is 7.32. The normalized spacial score (nSPS) is 21.2. The van der Waals surface area contributed by atoms with Crippen molar-refractivity contribution in [3.05, 3.63) is 23.9 Å². The van der Waals surface area contributed by atoms with Crippen LogP contribution in [0.3, 0.4) is 0 Å². The van der Waals surface area contributed by atoms with Crippen LogP contribution in [-0.4, -0.2) is 78.6 Å². The molecule has 0 radical (unpaired) electrons. The molecule has 1 amide bonds. The molecule has 7 heteroatoms. The molecule has 0 saturated carbocycles. The van der Waals surface area contributed by atoms with E-state index in [1.54, 1.807) is 19.2 Å². The van der Waals surface area contributed by atoms with Crippen molar-refractivity contribution in [2.75, 3.05) is 50.8 Å². The predicted octanol–water partition coefficient (Wildman–Crippen LogP) is 1.78. The topological polar surface area (TPSA) is 66.0 Å². The fourth-order valence-electron chi connectivity index (χ4n) is 3.79. The van der Waals surface area contributed by atoms with E-state index in [-0.39, 0.29) is 11.9 Å². The van der Waals surface area contributed by atoms with Gasteiger partial charge in [0.1, 0.15) is 5.82 Å². The summed E-state index contributed by atoms with van der Waals surface area (Å²) in [5, 5.41) is 0. The number of nitrogens with zero attached hydrogens (tertiary/aromatic N) is 4. The van der Waals surface area contributed by atoms with Gasteiger partial charge in [-0.2, -0.15) is 0 Å². The Morgan fingerprint density at radius 1 is 1.15 bits per heavy atom. The van der Waals surface area contributed by atoms with Crippen molar-refractivity contribution in [3.63, 3.8) is 0 Å². The molecule has 27 heavy (non-hydrogen) atoms. The smallest absolute Gasteiger partial charge is 0.339 e. The molecule has 0 bridgehead atoms. The number of carbonyl (C=O) groups excluding carboxylic acids is 2. The SMILES string of the molecule is CCOC(=O)c1ccc(N2CCN(CC(=O)N3CCCCC3C)CC2)nc1. The number of hydrogen-bond donors (Lipinski definition) is 0. The first-order chi connectivity index (χ1) is 13.1. The zero-order chi connectivity index (χ0) is 19.2. The van der Waals surface area contributed by atoms with Crippen LogP contribution >= 0.6 is 0 Å². The molecule has 7 nitrogen and oxygen atoms in total. The molecule has 0 aliphatic carbocycles. The maximum Gasteiger partial charge on any atom is 0.339 e. The third-order valence-corrected chi connectivity index (χ3v) is 5.44. The number of likely N-dealkylation sites (tertiary alicyclic amines) is 1. The number of ether oxygens (including phenoxy) is 1. The number of piperidine rings is 1. The Balaban J connectivity index is 1.48. The maximum absolute atomic E-state index is 12.6. The van der Waals surface area contributed by atoms with Crippen LogP contribution in [0.15, 0.2) is 18.3 Å². The fourth-order valence-corrected chi connectivity index (χ4v) is 3.79. The number of esters is 1. The molecule has 2 saturated heterocycles. The van der Waals surface area contributed by atoms with E-state index < -0.39 is 0 Å². The van der Waals surface area contributed by atoms with Crippen molar-refractivity contribution in [1.29, 1.82) is 0 Å². The number of pyridine rings is 1. The first-order valence-corrected chi connectivity index (χ1v) is 9.98. The molecule has 2 aliphatic heterocycles. The first-order valence-electron chi connectivity index (χ1n) is 9.98. The van der Waals surface area contributed by atoms with Crippen molar-refractivity contribution in [3.8, 4) is 0 Å². The van der Waals surface area contributed by atoms with Crippen molar-refractivity contribution >= 4 is 17.7 Å². The molecule has 1 atom stereocenters. The molecule has 2 fully saturated rings. The standard InChI is InChI=1S/C20H30N4O3/c1-3-27-20(26)17-7-8-18(21-14-17)23-12-10-22(11-13-23)15-19(25)24-9-5-4-6-16(24)2/h7-8,14,16H,3-6,9-13,15H2,1-2H3. The Kier molecular flexibility index (Phi) is 6.66. The lowest BCUT2D eigenvalue weighted by Crippen LogP contribution is -2.52. The first kappa shape index (κ1) is 19.6. The second kappa shape index (κ2) is 9.17. The molecule has 148 valence electrons. The van der Waals surface area contributed by atoms with Gasteiger partial charge in [-0.15, -0.1) is 0 Å². The summed E-state index contributed by atoms with van der Waals surface area (Å²) in [6.45, 7) is 9.05. The highest BCUT2D eigenvalue weighted by Crippen LogP contribution is 2.18. The van der Waals surface area contributed by atoms with Gasteiger partial charge in [-0.25, -0.2) is 9.78 Å². The van der Waals surface area contributed by atoms with Crippen LogP contribution in [0.1, 0.15) is 43.5 Å². The Hall–Kier alpha value is -2.15. The highest BCUT2D eigenvalue weighted by atomic mass is 16.5. The molecular weight excluding hydrogens is 344 g/mol. The van der Waals surface area contributed by atoms with Crippen molar-refractivity contribution in [2.45, 2.75) is 39.2 Å². The van der Waals surface area contributed by atoms with Crippen LogP contribution in [-0.2, 0) is 9.53 Å². The number of hydrogen-bond acceptors (Lipinski definition) is 6. The summed E-state index contributed by atoms with van der Waals surface area (Å²) in [4.78, 5) is 35.2. The molecule has 1 aromatic rings. The lowest BCUT2D eigenvalue weighted by atomic mass is 10.0. The minimum Gasteiger partial charge on any atom is -0.462 e. The Morgan fingerprint density at radius 3 is 2.56 bits per heavy atom. The van der Waals surface area contributed by atoms with Crippen LogP contribution in [0.4, 0.5) is 5.82 Å². The zero-order valence-corrected chi connectivity index (χ0v) is 16.4. The molecule has 0 N–H and O–H groups in total. The molecular formula is C20H30N4O3. The Morgan fingerprint density at radius 2 is 1.93 bits per heavy atom. The monoisotopic (exact) mass is 374 g/mol. The van der Waals surface area contributed by atoms with E-state index in [1.807, 2.05) is 11.0 Å². The van der Waals surface area contributed by atoms with E-state index in [2.05, 4.69) is 21.7 Å². The van der Waals surface area contributed by atoms with Gasteiger partial charge in [0.05, 0.1) is 18.7 Å². The lowest BCUT2D eigenvalue weighted by Gasteiger charge is -2.38. The van der Waals surface area contributed by atoms with E-state index in [0.29, 0.717) is 24.8 Å². The summed E-state index contributed by atoms with van der Waals surface area (Å²) in [6, 6.07) is 3.99. The van der Waals surface area contributed by atoms with Gasteiger partial charge in [0.15, 0.2) is 0 Å². The quantitative estimate of drug-likeness (QED) is 0.732. The van der Waals surface area contributed by atoms with Crippen LogP contribution in [0.2, 0.25) is 0 Å². The molecule has 1 unspecified atom stereocenters. The predicted molar refractivity (Wildman–Crippen MR) is 104 cm³/mol. The Bertz CT molecular complexity index is 641. The lowest BCUT2D eigenvalue weighted by molar-refractivity contribution is -0.135. The molecule has 1 aromatic heterocycles. The number of piperazine rings is 1. The highest BCUT2D eigenvalue weighted by Gasteiger charge is 2.26. The summed E-state index contributed by atoms with van der Waals surface area (Å²) in [7, 11) is 0. The molecule has 3 heterocycles. The summed E-state index contributed by atoms with van der Waals surface area (Å²) in [6.07, 6.45) is 5.04. The van der Waals surface area contributed by atoms with Crippen LogP contribution in [0.25, 0.3) is 0 Å². The van der Waals surface area contributed by atoms with Crippen molar-refractivity contribution in [2.24, 2.45) is 0 Å². The number of aromatic nitrogens is 1. The molecule has 2 aliphatic rings. The van der Waals surface area contributed by atoms with Crippen molar-refractivity contribution in [1.82, 2.24) is 14.8 Å². The van der Waals surface area contributed by atoms with Gasteiger partial charge in [-0.1, -0.05) is 0 Å². The van der Waals surface area contributed by atoms with E-state index in [1.165, 1.54) is 6.42 Å². The number of anilines is 1. The van der Waals surface area contributed by atoms with Gasteiger partial charge in [-0.05, 0) is 45.2 Å². The molecule has 3 rings (SSSR count). The minimum absolute atomic E-state index is 0.257. The largest absolute Gasteiger partial charge is 0.462 e. The Labute approximate surface area is 161 Å². The average molecular weight is 374 g/mol. The second-order valence-electron chi connectivity index (χ2n) is 7.32. The average Bonchev–Trinajstić information content (AvgIpc) is 2.69. The number of carbonyl (C=O) groups is 2. The maximum atomic E-state index is 12.6. The summed E-state index contributed by atoms with van der Waals surface area (Å²) < 4.78 is 4.99. The van der Waals surface area contributed by atoms with Gasteiger partial charge in [0.25, 0.3) is 0 Å². The summed E-state index contributed by atoms with van der Waals surface area (Å²) in [5.41, 5.74) is 0.473. The van der Waals surface area contributed by atoms with Crippen LogP contribution < -0.4 is 4.90 Å². The van der Waals surface area contributed by atoms with E-state index in [0.717, 1.165) is 51.4 Å². The third-order valence-electron chi connectivity index (χ3n) is 5.44. The summed E-state index contributed by atoms with van der Waals surface area (Å²) in [5.74, 6) is 0.776. The zero-order valence-electron chi connectivity index (χ0n) is 16.4. The highest BCUT2D eigenvalue weighted by molar-refractivity contribution is 5.89. The van der Waals surface area contributed by atoms with Gasteiger partial charge in [0, 0.05) is 45.0 Å². The van der Waals surface area contributed by atoms with Crippen LogP contribution in [0, 0.1) is 0 Å². The van der Waals surface area contributed by atoms with E-state index in [4.69, 9.17) is 4.74 Å². The van der Waals surface area contributed by atoms with Gasteiger partial charge in [0.2, 0.25) is 5.91 Å². The third kappa shape index (κ3) is 4.97. The number of amides is 1. The van der Waals surface area contributed by atoms with Crippen LogP contribution in [0.5, 0.6) is 0 Å². The van der Waals surface area contributed by atoms with E-state index in [9.17, 15) is 9.59 Å². The van der Waals surface area contributed by atoms with Gasteiger partial charge >= 0.3 is 5.97 Å². The van der Waals surface area contributed by atoms with Gasteiger partial charge < -0.3 is 14.5 Å². The number of rotatable bonds is 5. The van der Waals surface area contributed by atoms with E-state index >= 15 is 0 Å². The van der Waals surface area contributed by atoms with Crippen molar-refractivity contribution < 1.29 is 14.3 Å². The fraction of sp³-hybridized carbons (Fsp3) is 0.650. The summed E-state index contributed by atoms with van der Waals surface area (Å²) >= 11 is 0. The van der Waals surface area contributed by atoms with Gasteiger partial charge in [-0.3, -0.25) is 9.69 Å².